The second-order valence-corrected chi connectivity index (χ2v) is 4.53. The van der Waals surface area contributed by atoms with Crippen molar-refractivity contribution in [2.75, 3.05) is 0 Å². The van der Waals surface area contributed by atoms with Crippen LogP contribution in [-0.2, 0) is 6.42 Å². The summed E-state index contributed by atoms with van der Waals surface area (Å²) in [7, 11) is 0. The Kier molecular flexibility index (Phi) is 1.98. The fourth-order valence-electron chi connectivity index (χ4n) is 2.84. The van der Waals surface area contributed by atoms with Crippen LogP contribution in [0.25, 0.3) is 0 Å². The Morgan fingerprint density at radius 2 is 1.87 bits per heavy atom. The van der Waals surface area contributed by atoms with Crippen molar-refractivity contribution >= 4 is 5.78 Å². The highest BCUT2D eigenvalue weighted by atomic mass is 16.1. The number of ketones is 1. The lowest BCUT2D eigenvalue weighted by Gasteiger charge is -2.32. The molecule has 0 saturated heterocycles. The highest BCUT2D eigenvalue weighted by Crippen LogP contribution is 2.36. The predicted molar refractivity (Wildman–Crippen MR) is 59.8 cm³/mol. The van der Waals surface area contributed by atoms with Gasteiger partial charge in [0.15, 0.2) is 5.78 Å². The lowest BCUT2D eigenvalue weighted by atomic mass is 9.70. The summed E-state index contributed by atoms with van der Waals surface area (Å²) in [4.78, 5) is 12.2. The topological polar surface area (TPSA) is 17.1 Å². The van der Waals surface area contributed by atoms with Crippen molar-refractivity contribution in [3.63, 3.8) is 0 Å². The molecular weight excluding hydrogens is 184 g/mol. The standard InChI is InChI=1S/C14H14O/c15-14-12-7-3-1-5-10(12)9-11-6-2-4-8-13(11)14/h1-5,7,11,13H,6,8-9H2/t11-,13-/m1/s1. The van der Waals surface area contributed by atoms with E-state index >= 15 is 0 Å². The average Bonchev–Trinajstić information content (AvgIpc) is 2.30. The molecule has 1 nitrogen and oxygen atoms in total. The van der Waals surface area contributed by atoms with E-state index in [1.807, 2.05) is 18.2 Å². The van der Waals surface area contributed by atoms with Gasteiger partial charge in [0.2, 0.25) is 0 Å². The first-order valence-electron chi connectivity index (χ1n) is 5.63. The summed E-state index contributed by atoms with van der Waals surface area (Å²) in [5.74, 6) is 1.17. The third kappa shape index (κ3) is 1.34. The zero-order chi connectivity index (χ0) is 10.3. The first-order valence-corrected chi connectivity index (χ1v) is 5.63. The van der Waals surface area contributed by atoms with Crippen LogP contribution in [0, 0.1) is 11.8 Å². The molecular formula is C14H14O. The molecule has 0 aromatic heterocycles. The van der Waals surface area contributed by atoms with Crippen LogP contribution in [-0.4, -0.2) is 5.78 Å². The third-order valence-electron chi connectivity index (χ3n) is 3.67. The molecule has 2 atom stereocenters. The Hall–Kier alpha value is -1.37. The summed E-state index contributed by atoms with van der Waals surface area (Å²) < 4.78 is 0. The summed E-state index contributed by atoms with van der Waals surface area (Å²) >= 11 is 0. The molecule has 2 aliphatic carbocycles. The molecule has 0 N–H and O–H groups in total. The smallest absolute Gasteiger partial charge is 0.166 e. The van der Waals surface area contributed by atoms with Gasteiger partial charge in [-0.15, -0.1) is 0 Å². The number of carbonyl (C=O) groups excluding carboxylic acids is 1. The Morgan fingerprint density at radius 3 is 2.80 bits per heavy atom. The van der Waals surface area contributed by atoms with Gasteiger partial charge in [0.05, 0.1) is 0 Å². The first-order chi connectivity index (χ1) is 7.36. The summed E-state index contributed by atoms with van der Waals surface area (Å²) in [5.41, 5.74) is 2.22. The molecule has 0 radical (unpaired) electrons. The monoisotopic (exact) mass is 198 g/mol. The number of benzene rings is 1. The van der Waals surface area contributed by atoms with Gasteiger partial charge >= 0.3 is 0 Å². The minimum atomic E-state index is 0.255. The quantitative estimate of drug-likeness (QED) is 0.586. The molecule has 76 valence electrons. The lowest BCUT2D eigenvalue weighted by molar-refractivity contribution is 0.0848. The Balaban J connectivity index is 2.05. The normalized spacial score (nSPS) is 28.4. The van der Waals surface area contributed by atoms with E-state index in [9.17, 15) is 4.79 Å². The molecule has 1 aromatic carbocycles. The predicted octanol–water partition coefficient (Wildman–Crippen LogP) is 3.01. The summed E-state index contributed by atoms with van der Waals surface area (Å²) in [5, 5.41) is 0. The number of carbonyl (C=O) groups is 1. The second-order valence-electron chi connectivity index (χ2n) is 4.53. The van der Waals surface area contributed by atoms with Crippen LogP contribution in [0.5, 0.6) is 0 Å². The fraction of sp³-hybridized carbons (Fsp3) is 0.357. The van der Waals surface area contributed by atoms with Crippen LogP contribution >= 0.6 is 0 Å². The minimum absolute atomic E-state index is 0.255. The maximum Gasteiger partial charge on any atom is 0.166 e. The largest absolute Gasteiger partial charge is 0.294 e. The van der Waals surface area contributed by atoms with Crippen molar-refractivity contribution in [2.24, 2.45) is 11.8 Å². The van der Waals surface area contributed by atoms with Gasteiger partial charge in [-0.1, -0.05) is 36.4 Å². The van der Waals surface area contributed by atoms with Crippen LogP contribution in [0.3, 0.4) is 0 Å². The molecule has 0 spiro atoms. The van der Waals surface area contributed by atoms with E-state index < -0.39 is 0 Å². The zero-order valence-electron chi connectivity index (χ0n) is 8.65. The van der Waals surface area contributed by atoms with Crippen molar-refractivity contribution in [3.8, 4) is 0 Å². The first kappa shape index (κ1) is 8.90. The van der Waals surface area contributed by atoms with Gasteiger partial charge in [0.1, 0.15) is 0 Å². The number of allylic oxidation sites excluding steroid dienone is 2. The summed E-state index contributed by atoms with van der Waals surface area (Å²) in [6.07, 6.45) is 7.48. The maximum absolute atomic E-state index is 12.2. The number of Topliss-reactive ketones (excluding diaryl/α,β-unsaturated/α-hetero) is 1. The van der Waals surface area contributed by atoms with Crippen molar-refractivity contribution in [3.05, 3.63) is 47.5 Å². The van der Waals surface area contributed by atoms with Crippen molar-refractivity contribution < 1.29 is 4.79 Å². The summed E-state index contributed by atoms with van der Waals surface area (Å²) in [6.45, 7) is 0. The van der Waals surface area contributed by atoms with Gasteiger partial charge in [-0.25, -0.2) is 0 Å². The van der Waals surface area contributed by atoms with E-state index in [4.69, 9.17) is 0 Å². The molecule has 0 heterocycles. The fourth-order valence-corrected chi connectivity index (χ4v) is 2.84. The van der Waals surface area contributed by atoms with E-state index in [1.165, 1.54) is 5.56 Å². The average molecular weight is 198 g/mol. The molecule has 3 rings (SSSR count). The molecule has 0 aliphatic heterocycles. The van der Waals surface area contributed by atoms with E-state index in [0.717, 1.165) is 24.8 Å². The van der Waals surface area contributed by atoms with Crippen molar-refractivity contribution in [2.45, 2.75) is 19.3 Å². The number of hydrogen-bond acceptors (Lipinski definition) is 1. The van der Waals surface area contributed by atoms with Crippen LogP contribution < -0.4 is 0 Å². The molecule has 0 bridgehead atoms. The number of hydrogen-bond donors (Lipinski definition) is 0. The molecule has 1 aromatic rings. The molecule has 1 heteroatoms. The molecule has 0 amide bonds. The third-order valence-corrected chi connectivity index (χ3v) is 3.67. The van der Waals surface area contributed by atoms with Gasteiger partial charge in [-0.05, 0) is 30.7 Å². The van der Waals surface area contributed by atoms with Crippen molar-refractivity contribution in [1.82, 2.24) is 0 Å². The minimum Gasteiger partial charge on any atom is -0.294 e. The van der Waals surface area contributed by atoms with Gasteiger partial charge in [0, 0.05) is 11.5 Å². The van der Waals surface area contributed by atoms with Gasteiger partial charge < -0.3 is 0 Å². The highest BCUT2D eigenvalue weighted by molar-refractivity contribution is 6.00. The zero-order valence-corrected chi connectivity index (χ0v) is 8.65. The van der Waals surface area contributed by atoms with Crippen LogP contribution in [0.15, 0.2) is 36.4 Å². The molecule has 2 aliphatic rings. The highest BCUT2D eigenvalue weighted by Gasteiger charge is 2.34. The Labute approximate surface area is 89.8 Å². The number of rotatable bonds is 0. The van der Waals surface area contributed by atoms with Crippen LogP contribution in [0.1, 0.15) is 28.8 Å². The molecule has 0 fully saturated rings. The molecule has 15 heavy (non-hydrogen) atoms. The molecule has 0 saturated carbocycles. The van der Waals surface area contributed by atoms with E-state index in [-0.39, 0.29) is 5.92 Å². The Morgan fingerprint density at radius 1 is 1.07 bits per heavy atom. The van der Waals surface area contributed by atoms with Crippen molar-refractivity contribution in [1.29, 1.82) is 0 Å². The van der Waals surface area contributed by atoms with E-state index in [0.29, 0.717) is 11.7 Å². The lowest BCUT2D eigenvalue weighted by Crippen LogP contribution is -2.32. The second kappa shape index (κ2) is 3.34. The maximum atomic E-state index is 12.2. The Bertz CT molecular complexity index is 431. The summed E-state index contributed by atoms with van der Waals surface area (Å²) in [6, 6.07) is 8.08. The SMILES string of the molecule is O=C1c2ccccc2C[C@H]2CC=CC[C@@H]12. The molecule has 0 unspecified atom stereocenters. The van der Waals surface area contributed by atoms with Gasteiger partial charge in [-0.2, -0.15) is 0 Å². The van der Waals surface area contributed by atoms with Gasteiger partial charge in [-0.3, -0.25) is 4.79 Å². The van der Waals surface area contributed by atoms with E-state index in [2.05, 4.69) is 18.2 Å². The number of fused-ring (bicyclic) bond motifs is 2. The van der Waals surface area contributed by atoms with Crippen LogP contribution in [0.2, 0.25) is 0 Å². The van der Waals surface area contributed by atoms with Crippen LogP contribution in [0.4, 0.5) is 0 Å². The van der Waals surface area contributed by atoms with Gasteiger partial charge in [0.25, 0.3) is 0 Å². The van der Waals surface area contributed by atoms with E-state index in [1.54, 1.807) is 0 Å².